The lowest BCUT2D eigenvalue weighted by Gasteiger charge is -2.33. The Morgan fingerprint density at radius 2 is 1.83 bits per heavy atom. The smallest absolute Gasteiger partial charge is 0.141 e. The lowest BCUT2D eigenvalue weighted by Crippen LogP contribution is -2.44. The fourth-order valence-electron chi connectivity index (χ4n) is 2.65. The lowest BCUT2D eigenvalue weighted by atomic mass is 10.2. The van der Waals surface area contributed by atoms with Gasteiger partial charge in [0.15, 0.2) is 0 Å². The van der Waals surface area contributed by atoms with Gasteiger partial charge in [0.25, 0.3) is 0 Å². The molecule has 0 aromatic carbocycles. The molecule has 96 valence electrons. The highest BCUT2D eigenvalue weighted by atomic mass is 15.3. The quantitative estimate of drug-likeness (QED) is 0.762. The summed E-state index contributed by atoms with van der Waals surface area (Å²) in [6, 6.07) is 2.25. The summed E-state index contributed by atoms with van der Waals surface area (Å²) in [5, 5.41) is 1.28. The first-order valence-corrected chi connectivity index (χ1v) is 6.50. The number of rotatable bonds is 1. The van der Waals surface area contributed by atoms with E-state index in [-0.39, 0.29) is 0 Å². The van der Waals surface area contributed by atoms with Crippen molar-refractivity contribution in [1.82, 2.24) is 14.5 Å². The lowest BCUT2D eigenvalue weighted by molar-refractivity contribution is 0.313. The Hall–Kier alpha value is -1.55. The second-order valence-corrected chi connectivity index (χ2v) is 5.30. The van der Waals surface area contributed by atoms with Crippen LogP contribution in [0.2, 0.25) is 0 Å². The standard InChI is InChI=1S/C14H20N4/c1-11-8-12-13(10-17(3)14(12)15-9-11)18-6-4-16(2)5-7-18/h8-10H,4-7H2,1-3H3. The number of hydrogen-bond acceptors (Lipinski definition) is 3. The summed E-state index contributed by atoms with van der Waals surface area (Å²) in [6.07, 6.45) is 4.15. The van der Waals surface area contributed by atoms with Crippen molar-refractivity contribution in [2.45, 2.75) is 6.92 Å². The van der Waals surface area contributed by atoms with Crippen molar-refractivity contribution >= 4 is 16.7 Å². The monoisotopic (exact) mass is 244 g/mol. The van der Waals surface area contributed by atoms with Gasteiger partial charge >= 0.3 is 0 Å². The van der Waals surface area contributed by atoms with Crippen LogP contribution in [0.25, 0.3) is 11.0 Å². The first-order chi connectivity index (χ1) is 8.65. The minimum Gasteiger partial charge on any atom is -0.367 e. The highest BCUT2D eigenvalue weighted by molar-refractivity contribution is 5.91. The molecule has 1 aliphatic rings. The normalized spacial score (nSPS) is 17.6. The van der Waals surface area contributed by atoms with Gasteiger partial charge in [-0.15, -0.1) is 0 Å². The van der Waals surface area contributed by atoms with E-state index in [1.54, 1.807) is 0 Å². The summed E-state index contributed by atoms with van der Waals surface area (Å²) in [4.78, 5) is 9.39. The number of fused-ring (bicyclic) bond motifs is 1. The molecule has 2 aromatic rings. The predicted octanol–water partition coefficient (Wildman–Crippen LogP) is 1.63. The predicted molar refractivity (Wildman–Crippen MR) is 75.2 cm³/mol. The first-order valence-electron chi connectivity index (χ1n) is 6.50. The molecule has 0 bridgehead atoms. The number of aromatic nitrogens is 2. The molecular formula is C14H20N4. The van der Waals surface area contributed by atoms with Crippen molar-refractivity contribution in [1.29, 1.82) is 0 Å². The second-order valence-electron chi connectivity index (χ2n) is 5.30. The van der Waals surface area contributed by atoms with E-state index in [1.807, 2.05) is 6.20 Å². The first kappa shape index (κ1) is 11.5. The molecule has 0 atom stereocenters. The van der Waals surface area contributed by atoms with E-state index in [4.69, 9.17) is 0 Å². The summed E-state index contributed by atoms with van der Waals surface area (Å²) in [5.74, 6) is 0. The van der Waals surface area contributed by atoms with E-state index in [9.17, 15) is 0 Å². The Bertz CT molecular complexity index is 564. The molecule has 18 heavy (non-hydrogen) atoms. The van der Waals surface area contributed by atoms with Crippen LogP contribution in [0.3, 0.4) is 0 Å². The van der Waals surface area contributed by atoms with Gasteiger partial charge < -0.3 is 14.4 Å². The number of likely N-dealkylation sites (N-methyl/N-ethyl adjacent to an activating group) is 1. The van der Waals surface area contributed by atoms with E-state index >= 15 is 0 Å². The summed E-state index contributed by atoms with van der Waals surface area (Å²) < 4.78 is 2.13. The van der Waals surface area contributed by atoms with Crippen LogP contribution >= 0.6 is 0 Å². The average Bonchev–Trinajstić information content (AvgIpc) is 2.67. The van der Waals surface area contributed by atoms with Crippen molar-refractivity contribution < 1.29 is 0 Å². The van der Waals surface area contributed by atoms with Crippen LogP contribution in [0.15, 0.2) is 18.5 Å². The zero-order chi connectivity index (χ0) is 12.7. The minimum atomic E-state index is 1.08. The van der Waals surface area contributed by atoms with E-state index in [0.29, 0.717) is 0 Å². The van der Waals surface area contributed by atoms with Gasteiger partial charge in [0, 0.05) is 51.0 Å². The van der Waals surface area contributed by atoms with Crippen LogP contribution in [-0.2, 0) is 7.05 Å². The second kappa shape index (κ2) is 4.28. The van der Waals surface area contributed by atoms with E-state index in [1.165, 1.54) is 16.6 Å². The molecule has 3 heterocycles. The van der Waals surface area contributed by atoms with E-state index in [2.05, 4.69) is 52.6 Å². The number of hydrogen-bond donors (Lipinski definition) is 0. The van der Waals surface area contributed by atoms with Crippen LogP contribution in [0.1, 0.15) is 5.56 Å². The molecule has 3 rings (SSSR count). The number of aryl methyl sites for hydroxylation is 2. The number of pyridine rings is 1. The van der Waals surface area contributed by atoms with Gasteiger partial charge in [-0.05, 0) is 25.6 Å². The third-order valence-corrected chi connectivity index (χ3v) is 3.77. The van der Waals surface area contributed by atoms with E-state index in [0.717, 1.165) is 31.8 Å². The highest BCUT2D eigenvalue weighted by Crippen LogP contribution is 2.28. The van der Waals surface area contributed by atoms with Crippen molar-refractivity contribution in [3.05, 3.63) is 24.0 Å². The minimum absolute atomic E-state index is 1.08. The molecule has 0 radical (unpaired) electrons. The van der Waals surface area contributed by atoms with E-state index < -0.39 is 0 Å². The fourth-order valence-corrected chi connectivity index (χ4v) is 2.65. The molecule has 0 spiro atoms. The maximum Gasteiger partial charge on any atom is 0.141 e. The Balaban J connectivity index is 2.03. The molecule has 0 amide bonds. The molecule has 1 fully saturated rings. The molecule has 0 saturated carbocycles. The maximum absolute atomic E-state index is 4.54. The fraction of sp³-hybridized carbons (Fsp3) is 0.500. The van der Waals surface area contributed by atoms with Crippen molar-refractivity contribution in [3.63, 3.8) is 0 Å². The van der Waals surface area contributed by atoms with Gasteiger partial charge in [-0.2, -0.15) is 0 Å². The molecule has 0 aliphatic carbocycles. The molecule has 1 saturated heterocycles. The van der Waals surface area contributed by atoms with Crippen molar-refractivity contribution in [2.24, 2.45) is 7.05 Å². The zero-order valence-corrected chi connectivity index (χ0v) is 11.3. The molecule has 4 heteroatoms. The third-order valence-electron chi connectivity index (χ3n) is 3.77. The summed E-state index contributed by atoms with van der Waals surface area (Å²) in [7, 11) is 4.26. The van der Waals surface area contributed by atoms with Gasteiger partial charge in [0.2, 0.25) is 0 Å². The third kappa shape index (κ3) is 1.86. The molecule has 0 N–H and O–H groups in total. The summed E-state index contributed by atoms with van der Waals surface area (Å²) >= 11 is 0. The maximum atomic E-state index is 4.54. The SMILES string of the molecule is Cc1cnc2c(c1)c(N1CCN(C)CC1)cn2C. The molecule has 4 nitrogen and oxygen atoms in total. The van der Waals surface area contributed by atoms with Gasteiger partial charge in [-0.25, -0.2) is 4.98 Å². The number of piperazine rings is 1. The highest BCUT2D eigenvalue weighted by Gasteiger charge is 2.18. The Morgan fingerprint density at radius 1 is 1.11 bits per heavy atom. The Morgan fingerprint density at radius 3 is 2.56 bits per heavy atom. The Labute approximate surface area is 108 Å². The van der Waals surface area contributed by atoms with Gasteiger partial charge in [-0.3, -0.25) is 0 Å². The van der Waals surface area contributed by atoms with Crippen LogP contribution in [0, 0.1) is 6.92 Å². The Kier molecular flexibility index (Phi) is 2.74. The molecule has 0 unspecified atom stereocenters. The topological polar surface area (TPSA) is 24.3 Å². The zero-order valence-electron chi connectivity index (χ0n) is 11.3. The van der Waals surface area contributed by atoms with Gasteiger partial charge in [-0.1, -0.05) is 0 Å². The van der Waals surface area contributed by atoms with Crippen LogP contribution in [-0.4, -0.2) is 47.7 Å². The average molecular weight is 244 g/mol. The number of anilines is 1. The van der Waals surface area contributed by atoms with Gasteiger partial charge in [0.1, 0.15) is 5.65 Å². The largest absolute Gasteiger partial charge is 0.367 e. The molecular weight excluding hydrogens is 224 g/mol. The summed E-state index contributed by atoms with van der Waals surface area (Å²) in [6.45, 7) is 6.57. The van der Waals surface area contributed by atoms with Gasteiger partial charge in [0.05, 0.1) is 5.69 Å². The van der Waals surface area contributed by atoms with Crippen LogP contribution in [0.4, 0.5) is 5.69 Å². The molecule has 2 aromatic heterocycles. The molecule has 1 aliphatic heterocycles. The van der Waals surface area contributed by atoms with Crippen LogP contribution < -0.4 is 4.90 Å². The summed E-state index contributed by atoms with van der Waals surface area (Å²) in [5.41, 5.74) is 3.63. The van der Waals surface area contributed by atoms with Crippen LogP contribution in [0.5, 0.6) is 0 Å². The van der Waals surface area contributed by atoms with Crippen molar-refractivity contribution in [3.8, 4) is 0 Å². The number of nitrogens with zero attached hydrogens (tertiary/aromatic N) is 4. The van der Waals surface area contributed by atoms with Crippen molar-refractivity contribution in [2.75, 3.05) is 38.1 Å².